The van der Waals surface area contributed by atoms with Gasteiger partial charge in [-0.2, -0.15) is 0 Å². The highest BCUT2D eigenvalue weighted by molar-refractivity contribution is 9.10. The molecule has 0 saturated carbocycles. The number of rotatable bonds is 5. The highest BCUT2D eigenvalue weighted by atomic mass is 79.9. The average molecular weight is 310 g/mol. The zero-order valence-electron chi connectivity index (χ0n) is 8.77. The van der Waals surface area contributed by atoms with Crippen LogP contribution >= 0.6 is 39.1 Å². The molecule has 0 spiro atoms. The fourth-order valence-corrected chi connectivity index (χ4v) is 2.36. The van der Waals surface area contributed by atoms with E-state index in [9.17, 15) is 0 Å². The van der Waals surface area contributed by atoms with E-state index in [1.165, 1.54) is 5.56 Å². The van der Waals surface area contributed by atoms with E-state index in [1.807, 2.05) is 12.1 Å². The van der Waals surface area contributed by atoms with Gasteiger partial charge in [-0.15, -0.1) is 11.6 Å². The molecule has 0 amide bonds. The molecule has 0 aliphatic rings. The summed E-state index contributed by atoms with van der Waals surface area (Å²) in [6.45, 7) is 2.12. The molecule has 1 aromatic rings. The molecule has 0 N–H and O–H groups in total. The smallest absolute Gasteiger partial charge is 0.0449 e. The van der Waals surface area contributed by atoms with Crippen LogP contribution in [0.3, 0.4) is 0 Å². The topological polar surface area (TPSA) is 0 Å². The molecule has 3 heteroatoms. The minimum atomic E-state index is 0.305. The first-order valence-corrected chi connectivity index (χ1v) is 6.82. The summed E-state index contributed by atoms with van der Waals surface area (Å²) in [5, 5.41) is 1.14. The van der Waals surface area contributed by atoms with Gasteiger partial charge in [0.15, 0.2) is 0 Å². The van der Waals surface area contributed by atoms with Crippen molar-refractivity contribution in [3.63, 3.8) is 0 Å². The van der Waals surface area contributed by atoms with E-state index >= 15 is 0 Å². The second-order valence-corrected chi connectivity index (χ2v) is 5.57. The van der Waals surface area contributed by atoms with Crippen molar-refractivity contribution in [1.82, 2.24) is 0 Å². The van der Waals surface area contributed by atoms with Gasteiger partial charge in [-0.3, -0.25) is 0 Å². The number of benzene rings is 1. The van der Waals surface area contributed by atoms with Crippen LogP contribution in [0.15, 0.2) is 22.7 Å². The van der Waals surface area contributed by atoms with Gasteiger partial charge in [0.2, 0.25) is 0 Å². The largest absolute Gasteiger partial charge is 0.123 e. The molecule has 0 bridgehead atoms. The molecule has 0 aliphatic carbocycles. The molecule has 84 valence electrons. The van der Waals surface area contributed by atoms with Crippen LogP contribution in [-0.4, -0.2) is 5.38 Å². The zero-order chi connectivity index (χ0) is 11.3. The lowest BCUT2D eigenvalue weighted by Gasteiger charge is -2.07. The molecular formula is C12H15BrCl2. The Kier molecular flexibility index (Phi) is 6.03. The van der Waals surface area contributed by atoms with Crippen molar-refractivity contribution in [2.75, 3.05) is 0 Å². The molecule has 1 aromatic carbocycles. The first-order chi connectivity index (χ1) is 7.13. The summed E-state index contributed by atoms with van der Waals surface area (Å²) in [5.41, 5.74) is 1.21. The van der Waals surface area contributed by atoms with Crippen LogP contribution in [-0.2, 0) is 6.42 Å². The maximum absolute atomic E-state index is 6.12. The van der Waals surface area contributed by atoms with E-state index in [1.54, 1.807) is 0 Å². The SMILES string of the molecule is CCC(Cl)CCCc1ccc(Br)cc1Cl. The van der Waals surface area contributed by atoms with Gasteiger partial charge in [0.1, 0.15) is 0 Å². The van der Waals surface area contributed by atoms with Gasteiger partial charge in [-0.1, -0.05) is 40.5 Å². The van der Waals surface area contributed by atoms with Gasteiger partial charge < -0.3 is 0 Å². The van der Waals surface area contributed by atoms with Crippen molar-refractivity contribution >= 4 is 39.1 Å². The number of halogens is 3. The Labute approximate surface area is 110 Å². The van der Waals surface area contributed by atoms with Crippen LogP contribution in [0.1, 0.15) is 31.7 Å². The monoisotopic (exact) mass is 308 g/mol. The summed E-state index contributed by atoms with van der Waals surface area (Å²) >= 11 is 15.6. The third-order valence-corrected chi connectivity index (χ3v) is 3.79. The second-order valence-electron chi connectivity index (χ2n) is 3.63. The van der Waals surface area contributed by atoms with Crippen LogP contribution in [0.25, 0.3) is 0 Å². The lowest BCUT2D eigenvalue weighted by atomic mass is 10.1. The molecule has 0 heterocycles. The molecule has 0 nitrogen and oxygen atoms in total. The predicted molar refractivity (Wildman–Crippen MR) is 72.0 cm³/mol. The summed E-state index contributed by atoms with van der Waals surface area (Å²) in [7, 11) is 0. The Balaban J connectivity index is 2.44. The molecule has 0 aromatic heterocycles. The maximum atomic E-state index is 6.12. The molecule has 0 aliphatic heterocycles. The Hall–Kier alpha value is 0.280. The average Bonchev–Trinajstić information content (AvgIpc) is 2.21. The quantitative estimate of drug-likeness (QED) is 0.635. The second kappa shape index (κ2) is 6.78. The minimum absolute atomic E-state index is 0.305. The molecule has 0 radical (unpaired) electrons. The third-order valence-electron chi connectivity index (χ3n) is 2.42. The van der Waals surface area contributed by atoms with Crippen LogP contribution in [0, 0.1) is 0 Å². The van der Waals surface area contributed by atoms with Gasteiger partial charge in [0.05, 0.1) is 0 Å². The third kappa shape index (κ3) is 4.76. The standard InChI is InChI=1S/C12H15BrCl2/c1-2-11(14)5-3-4-9-6-7-10(13)8-12(9)15/h6-8,11H,2-5H2,1H3. The fraction of sp³-hybridized carbons (Fsp3) is 0.500. The van der Waals surface area contributed by atoms with Crippen molar-refractivity contribution in [2.24, 2.45) is 0 Å². The van der Waals surface area contributed by atoms with Crippen LogP contribution in [0.5, 0.6) is 0 Å². The van der Waals surface area contributed by atoms with E-state index in [0.717, 1.165) is 35.2 Å². The highest BCUT2D eigenvalue weighted by Crippen LogP contribution is 2.23. The number of alkyl halides is 1. The predicted octanol–water partition coefficient (Wildman–Crippen LogP) is 5.44. The van der Waals surface area contributed by atoms with E-state index < -0.39 is 0 Å². The van der Waals surface area contributed by atoms with Crippen molar-refractivity contribution in [2.45, 2.75) is 38.0 Å². The summed E-state index contributed by atoms with van der Waals surface area (Å²) in [6, 6.07) is 6.04. The highest BCUT2D eigenvalue weighted by Gasteiger charge is 2.04. The van der Waals surface area contributed by atoms with Gasteiger partial charge in [0.25, 0.3) is 0 Å². The van der Waals surface area contributed by atoms with Gasteiger partial charge in [-0.25, -0.2) is 0 Å². The molecule has 1 atom stereocenters. The lowest BCUT2D eigenvalue weighted by molar-refractivity contribution is 0.675. The first kappa shape index (κ1) is 13.3. The van der Waals surface area contributed by atoms with E-state index in [4.69, 9.17) is 23.2 Å². The Morgan fingerprint density at radius 1 is 1.40 bits per heavy atom. The summed E-state index contributed by atoms with van der Waals surface area (Å²) in [6.07, 6.45) is 4.21. The normalized spacial score (nSPS) is 12.8. The Morgan fingerprint density at radius 2 is 2.13 bits per heavy atom. The number of hydrogen-bond donors (Lipinski definition) is 0. The van der Waals surface area contributed by atoms with Gasteiger partial charge in [0, 0.05) is 14.9 Å². The molecule has 1 unspecified atom stereocenters. The van der Waals surface area contributed by atoms with Gasteiger partial charge in [-0.05, 0) is 43.4 Å². The molecule has 15 heavy (non-hydrogen) atoms. The summed E-state index contributed by atoms with van der Waals surface area (Å²) in [4.78, 5) is 0. The maximum Gasteiger partial charge on any atom is 0.0449 e. The van der Waals surface area contributed by atoms with Crippen molar-refractivity contribution in [1.29, 1.82) is 0 Å². The van der Waals surface area contributed by atoms with Crippen molar-refractivity contribution in [3.8, 4) is 0 Å². The van der Waals surface area contributed by atoms with Crippen molar-refractivity contribution in [3.05, 3.63) is 33.3 Å². The number of hydrogen-bond acceptors (Lipinski definition) is 0. The Morgan fingerprint density at radius 3 is 2.73 bits per heavy atom. The lowest BCUT2D eigenvalue weighted by Crippen LogP contribution is -1.97. The van der Waals surface area contributed by atoms with E-state index in [2.05, 4.69) is 28.9 Å². The van der Waals surface area contributed by atoms with Crippen molar-refractivity contribution < 1.29 is 0 Å². The molecule has 1 rings (SSSR count). The van der Waals surface area contributed by atoms with E-state index in [0.29, 0.717) is 5.38 Å². The van der Waals surface area contributed by atoms with Gasteiger partial charge >= 0.3 is 0 Å². The summed E-state index contributed by atoms with van der Waals surface area (Å²) < 4.78 is 1.03. The zero-order valence-corrected chi connectivity index (χ0v) is 11.9. The summed E-state index contributed by atoms with van der Waals surface area (Å²) in [5.74, 6) is 0. The molecule has 0 saturated heterocycles. The van der Waals surface area contributed by atoms with Crippen LogP contribution in [0.2, 0.25) is 5.02 Å². The first-order valence-electron chi connectivity index (χ1n) is 5.21. The number of aryl methyl sites for hydroxylation is 1. The molecular weight excluding hydrogens is 295 g/mol. The van der Waals surface area contributed by atoms with Crippen LogP contribution in [0.4, 0.5) is 0 Å². The van der Waals surface area contributed by atoms with E-state index in [-0.39, 0.29) is 0 Å². The molecule has 0 fully saturated rings. The fourth-order valence-electron chi connectivity index (χ4n) is 1.44. The van der Waals surface area contributed by atoms with Crippen LogP contribution < -0.4 is 0 Å². The minimum Gasteiger partial charge on any atom is -0.123 e. The Bertz CT molecular complexity index is 312.